The lowest BCUT2D eigenvalue weighted by Crippen LogP contribution is -2.08. The van der Waals surface area contributed by atoms with Gasteiger partial charge in [-0.1, -0.05) is 84.9 Å². The van der Waals surface area contributed by atoms with Crippen molar-refractivity contribution in [1.82, 2.24) is 4.57 Å². The van der Waals surface area contributed by atoms with Crippen LogP contribution in [0.15, 0.2) is 152 Å². The van der Waals surface area contributed by atoms with Crippen molar-refractivity contribution in [2.45, 2.75) is 6.42 Å². The standard InChI is InChI=1S/C42H27NPS/c1-3-11-29(12-4-1)43-37-17-9-7-15-31(37)34-23-27(20-22-38(34)43)28-19-21-32-35-25-36-33-16-8-10-18-41(33)45-42(36)26-40(35)44(39(32)24-28)30-13-5-2-6-14-30/h1-23,25-26H,24H2/q+1. The second-order valence-electron chi connectivity index (χ2n) is 12.0. The first-order valence-corrected chi connectivity index (χ1v) is 17.6. The van der Waals surface area contributed by atoms with Crippen molar-refractivity contribution in [1.29, 1.82) is 0 Å². The summed E-state index contributed by atoms with van der Waals surface area (Å²) in [6, 6.07) is 51.7. The lowest BCUT2D eigenvalue weighted by atomic mass is 9.89. The van der Waals surface area contributed by atoms with E-state index in [1.54, 1.807) is 5.29 Å². The number of para-hydroxylation sites is 2. The van der Waals surface area contributed by atoms with Crippen LogP contribution in [-0.4, -0.2) is 9.86 Å². The van der Waals surface area contributed by atoms with Crippen LogP contribution in [-0.2, 0) is 0 Å². The fraction of sp³-hybridized carbons (Fsp3) is 0.0238. The third-order valence-corrected chi connectivity index (χ3v) is 13.2. The third-order valence-electron chi connectivity index (χ3n) is 9.49. The van der Waals surface area contributed by atoms with Crippen molar-refractivity contribution in [3.63, 3.8) is 0 Å². The smallest absolute Gasteiger partial charge is 0.175 e. The normalized spacial score (nSPS) is 15.1. The zero-order valence-electron chi connectivity index (χ0n) is 24.4. The molecule has 8 aromatic rings. The highest BCUT2D eigenvalue weighted by Crippen LogP contribution is 2.48. The second-order valence-corrected chi connectivity index (χ2v) is 15.2. The average molecular weight is 609 g/mol. The molecule has 10 rings (SSSR count). The number of benzene rings is 6. The molecule has 0 N–H and O–H groups in total. The third kappa shape index (κ3) is 3.77. The molecule has 3 heteroatoms. The van der Waals surface area contributed by atoms with Crippen LogP contribution in [0.5, 0.6) is 0 Å². The van der Waals surface area contributed by atoms with Gasteiger partial charge in [-0.25, -0.2) is 0 Å². The number of thiophene rings is 1. The van der Waals surface area contributed by atoms with E-state index < -0.39 is 7.55 Å². The van der Waals surface area contributed by atoms with Crippen LogP contribution in [0.2, 0.25) is 0 Å². The molecule has 6 aromatic carbocycles. The van der Waals surface area contributed by atoms with Gasteiger partial charge in [0.2, 0.25) is 0 Å². The van der Waals surface area contributed by atoms with E-state index in [2.05, 4.69) is 156 Å². The summed E-state index contributed by atoms with van der Waals surface area (Å²) in [5, 5.41) is 9.88. The summed E-state index contributed by atoms with van der Waals surface area (Å²) in [7, 11) is -0.612. The van der Waals surface area contributed by atoms with E-state index in [1.165, 1.54) is 80.5 Å². The van der Waals surface area contributed by atoms with E-state index in [0.717, 1.165) is 6.42 Å². The summed E-state index contributed by atoms with van der Waals surface area (Å²) in [4.78, 5) is 0. The van der Waals surface area contributed by atoms with Gasteiger partial charge in [0.25, 0.3) is 0 Å². The zero-order chi connectivity index (χ0) is 29.5. The molecule has 1 nitrogen and oxygen atoms in total. The maximum atomic E-state index is 2.52. The molecule has 2 aromatic heterocycles. The molecule has 0 amide bonds. The summed E-state index contributed by atoms with van der Waals surface area (Å²) in [5.41, 5.74) is 9.26. The summed E-state index contributed by atoms with van der Waals surface area (Å²) in [5.74, 6) is 0. The van der Waals surface area contributed by atoms with Crippen LogP contribution in [0.1, 0.15) is 17.5 Å². The molecule has 3 heterocycles. The van der Waals surface area contributed by atoms with Gasteiger partial charge in [0, 0.05) is 60.3 Å². The number of nitrogens with zero attached hydrogens (tertiary/aromatic N) is 1. The number of fused-ring (bicyclic) bond motifs is 9. The van der Waals surface area contributed by atoms with Crippen LogP contribution < -0.4 is 10.6 Å². The van der Waals surface area contributed by atoms with Crippen molar-refractivity contribution >= 4 is 87.9 Å². The fourth-order valence-electron chi connectivity index (χ4n) is 7.46. The van der Waals surface area contributed by atoms with E-state index in [1.807, 2.05) is 11.3 Å². The Morgan fingerprint density at radius 3 is 2.16 bits per heavy atom. The molecule has 210 valence electrons. The molecule has 0 radical (unpaired) electrons. The van der Waals surface area contributed by atoms with E-state index >= 15 is 0 Å². The number of rotatable bonds is 3. The molecule has 0 saturated heterocycles. The van der Waals surface area contributed by atoms with Crippen molar-refractivity contribution in [3.8, 4) is 5.69 Å². The highest BCUT2D eigenvalue weighted by Gasteiger charge is 2.40. The summed E-state index contributed by atoms with van der Waals surface area (Å²) < 4.78 is 5.16. The van der Waals surface area contributed by atoms with E-state index in [4.69, 9.17) is 0 Å². The molecule has 2 aliphatic rings. The number of allylic oxidation sites excluding steroid dienone is 4. The molecule has 1 aliphatic carbocycles. The van der Waals surface area contributed by atoms with Crippen molar-refractivity contribution < 1.29 is 0 Å². The maximum Gasteiger partial charge on any atom is 0.175 e. The van der Waals surface area contributed by atoms with Gasteiger partial charge in [-0.15, -0.1) is 11.3 Å². The van der Waals surface area contributed by atoms with Crippen LogP contribution in [0, 0.1) is 0 Å². The summed E-state index contributed by atoms with van der Waals surface area (Å²) in [6.45, 7) is 0. The average Bonchev–Trinajstić information content (AvgIpc) is 3.74. The van der Waals surface area contributed by atoms with Gasteiger partial charge in [-0.05, 0) is 71.8 Å². The molecule has 1 unspecified atom stereocenters. The Bertz CT molecular complexity index is 2600. The Kier molecular flexibility index (Phi) is 5.49. The number of hydrogen-bond acceptors (Lipinski definition) is 1. The van der Waals surface area contributed by atoms with Gasteiger partial charge in [-0.2, -0.15) is 0 Å². The SMILES string of the molecule is C1=C(c2ccc3c(c2)c2ccccc2n3-c2ccccc2)CC2=[P+](c3ccccc3)c3cc4sc5ccccc5c4cc3C2=C1. The van der Waals surface area contributed by atoms with E-state index in [0.29, 0.717) is 0 Å². The van der Waals surface area contributed by atoms with Gasteiger partial charge >= 0.3 is 0 Å². The van der Waals surface area contributed by atoms with E-state index in [9.17, 15) is 0 Å². The van der Waals surface area contributed by atoms with Crippen molar-refractivity contribution in [3.05, 3.63) is 163 Å². The van der Waals surface area contributed by atoms with Crippen molar-refractivity contribution in [2.24, 2.45) is 0 Å². The monoisotopic (exact) mass is 608 g/mol. The Morgan fingerprint density at radius 1 is 0.556 bits per heavy atom. The van der Waals surface area contributed by atoms with Crippen molar-refractivity contribution in [2.75, 3.05) is 0 Å². The lowest BCUT2D eigenvalue weighted by Gasteiger charge is -2.13. The van der Waals surface area contributed by atoms with Crippen LogP contribution in [0.25, 0.3) is 58.8 Å². The van der Waals surface area contributed by atoms with Crippen LogP contribution in [0.4, 0.5) is 0 Å². The molecule has 1 atom stereocenters. The van der Waals surface area contributed by atoms with Crippen LogP contribution in [0.3, 0.4) is 0 Å². The predicted octanol–water partition coefficient (Wildman–Crippen LogP) is 10.6. The Labute approximate surface area is 266 Å². The summed E-state index contributed by atoms with van der Waals surface area (Å²) >= 11 is 1.92. The first-order valence-electron chi connectivity index (χ1n) is 15.5. The molecule has 0 fully saturated rings. The minimum atomic E-state index is -0.612. The lowest BCUT2D eigenvalue weighted by molar-refractivity contribution is 1.18. The highest BCUT2D eigenvalue weighted by atomic mass is 32.1. The molecular weight excluding hydrogens is 582 g/mol. The Morgan fingerprint density at radius 2 is 1.29 bits per heavy atom. The van der Waals surface area contributed by atoms with Gasteiger partial charge < -0.3 is 4.57 Å². The Balaban J connectivity index is 1.16. The minimum absolute atomic E-state index is 0.612. The quantitative estimate of drug-likeness (QED) is 0.176. The predicted molar refractivity (Wildman–Crippen MR) is 198 cm³/mol. The molecule has 0 spiro atoms. The molecule has 1 aliphatic heterocycles. The molecule has 45 heavy (non-hydrogen) atoms. The molecule has 0 bridgehead atoms. The number of hydrogen-bond donors (Lipinski definition) is 0. The topological polar surface area (TPSA) is 4.93 Å². The molecule has 0 saturated carbocycles. The van der Waals surface area contributed by atoms with E-state index in [-0.39, 0.29) is 0 Å². The van der Waals surface area contributed by atoms with Gasteiger partial charge in [-0.3, -0.25) is 0 Å². The minimum Gasteiger partial charge on any atom is -0.309 e. The maximum absolute atomic E-state index is 2.52. The van der Waals surface area contributed by atoms with Gasteiger partial charge in [0.1, 0.15) is 5.29 Å². The van der Waals surface area contributed by atoms with Gasteiger partial charge in [0.05, 0.1) is 11.0 Å². The zero-order valence-corrected chi connectivity index (χ0v) is 26.2. The van der Waals surface area contributed by atoms with Crippen LogP contribution >= 0.6 is 18.9 Å². The fourth-order valence-corrected chi connectivity index (χ4v) is 11.5. The largest absolute Gasteiger partial charge is 0.309 e. The second kappa shape index (κ2) is 9.74. The Hall–Kier alpha value is -5.01. The first kappa shape index (κ1) is 25.3. The van der Waals surface area contributed by atoms with Gasteiger partial charge in [0.15, 0.2) is 18.2 Å². The first-order chi connectivity index (χ1) is 22.3. The molecular formula is C42H27NPS+. The highest BCUT2D eigenvalue weighted by molar-refractivity contribution is 7.75. The number of aromatic nitrogens is 1. The summed E-state index contributed by atoms with van der Waals surface area (Å²) in [6.07, 6.45) is 5.77.